The second kappa shape index (κ2) is 8.43. The van der Waals surface area contributed by atoms with E-state index in [1.165, 1.54) is 6.07 Å². The summed E-state index contributed by atoms with van der Waals surface area (Å²) >= 11 is 12.1. The van der Waals surface area contributed by atoms with Crippen LogP contribution in [0.1, 0.15) is 31.0 Å². The van der Waals surface area contributed by atoms with Crippen molar-refractivity contribution < 1.29 is 9.84 Å². The van der Waals surface area contributed by atoms with Crippen molar-refractivity contribution >= 4 is 23.2 Å². The van der Waals surface area contributed by atoms with Crippen LogP contribution in [0.15, 0.2) is 42.6 Å². The highest BCUT2D eigenvalue weighted by Crippen LogP contribution is 2.36. The van der Waals surface area contributed by atoms with Gasteiger partial charge in [0.15, 0.2) is 11.5 Å². The molecule has 1 heterocycles. The van der Waals surface area contributed by atoms with Crippen LogP contribution in [0.3, 0.4) is 0 Å². The molecule has 3 aromatic rings. The maximum atomic E-state index is 9.89. The zero-order chi connectivity index (χ0) is 18.5. The molecule has 0 aliphatic carbocycles. The molecule has 0 unspecified atom stereocenters. The number of phenols is 1. The van der Waals surface area contributed by atoms with Gasteiger partial charge in [0.1, 0.15) is 5.75 Å². The standard InChI is InChI=1S/C19H19Cl2N3O2/c1-2-3-4-15-12-24(23-22-15)11-13-5-7-18(16(21)9-13)26-19-8-6-14(20)10-17(19)25/h5-10,12,25H,2-4,11H2,1H3. The quantitative estimate of drug-likeness (QED) is 0.579. The molecule has 0 saturated carbocycles. The minimum Gasteiger partial charge on any atom is -0.504 e. The topological polar surface area (TPSA) is 60.2 Å². The molecular weight excluding hydrogens is 373 g/mol. The van der Waals surface area contributed by atoms with Crippen LogP contribution in [0.25, 0.3) is 0 Å². The van der Waals surface area contributed by atoms with Gasteiger partial charge in [0.05, 0.1) is 17.3 Å². The molecule has 7 heteroatoms. The third kappa shape index (κ3) is 4.68. The Morgan fingerprint density at radius 1 is 1.12 bits per heavy atom. The summed E-state index contributed by atoms with van der Waals surface area (Å²) in [7, 11) is 0. The molecule has 0 amide bonds. The minimum atomic E-state index is -0.0418. The van der Waals surface area contributed by atoms with E-state index < -0.39 is 0 Å². The van der Waals surface area contributed by atoms with Crippen molar-refractivity contribution in [3.05, 3.63) is 63.9 Å². The molecule has 1 N–H and O–H groups in total. The van der Waals surface area contributed by atoms with E-state index in [9.17, 15) is 5.11 Å². The van der Waals surface area contributed by atoms with E-state index in [4.69, 9.17) is 27.9 Å². The van der Waals surface area contributed by atoms with E-state index >= 15 is 0 Å². The van der Waals surface area contributed by atoms with Gasteiger partial charge in [-0.1, -0.05) is 47.8 Å². The van der Waals surface area contributed by atoms with Crippen LogP contribution in [0, 0.1) is 0 Å². The molecule has 1 aromatic heterocycles. The highest BCUT2D eigenvalue weighted by molar-refractivity contribution is 6.32. The molecule has 2 aromatic carbocycles. The summed E-state index contributed by atoms with van der Waals surface area (Å²) in [6.07, 6.45) is 5.13. The Hall–Kier alpha value is -2.24. The summed E-state index contributed by atoms with van der Waals surface area (Å²) in [5, 5.41) is 19.1. The molecule has 26 heavy (non-hydrogen) atoms. The fourth-order valence-corrected chi connectivity index (χ4v) is 2.90. The van der Waals surface area contributed by atoms with Crippen LogP contribution in [0.2, 0.25) is 10.0 Å². The Bertz CT molecular complexity index is 896. The Morgan fingerprint density at radius 3 is 2.65 bits per heavy atom. The lowest BCUT2D eigenvalue weighted by Gasteiger charge is -2.10. The zero-order valence-corrected chi connectivity index (χ0v) is 15.8. The Balaban J connectivity index is 1.70. The highest BCUT2D eigenvalue weighted by atomic mass is 35.5. The van der Waals surface area contributed by atoms with Crippen molar-refractivity contribution in [2.24, 2.45) is 0 Å². The van der Waals surface area contributed by atoms with E-state index in [1.54, 1.807) is 22.9 Å². The monoisotopic (exact) mass is 391 g/mol. The number of rotatable bonds is 7. The van der Waals surface area contributed by atoms with Crippen molar-refractivity contribution in [2.45, 2.75) is 32.7 Å². The van der Waals surface area contributed by atoms with E-state index in [0.717, 1.165) is 30.5 Å². The van der Waals surface area contributed by atoms with Crippen molar-refractivity contribution in [1.29, 1.82) is 0 Å². The summed E-state index contributed by atoms with van der Waals surface area (Å²) in [5.74, 6) is 0.705. The maximum Gasteiger partial charge on any atom is 0.169 e. The van der Waals surface area contributed by atoms with E-state index in [0.29, 0.717) is 28.1 Å². The second-order valence-corrected chi connectivity index (χ2v) is 6.83. The summed E-state index contributed by atoms with van der Waals surface area (Å²) < 4.78 is 7.47. The van der Waals surface area contributed by atoms with Gasteiger partial charge < -0.3 is 9.84 Å². The van der Waals surface area contributed by atoms with E-state index in [1.807, 2.05) is 18.3 Å². The highest BCUT2D eigenvalue weighted by Gasteiger charge is 2.09. The van der Waals surface area contributed by atoms with Crippen LogP contribution in [-0.4, -0.2) is 20.1 Å². The zero-order valence-electron chi connectivity index (χ0n) is 14.3. The van der Waals surface area contributed by atoms with Crippen LogP contribution >= 0.6 is 23.2 Å². The van der Waals surface area contributed by atoms with Crippen LogP contribution in [0.5, 0.6) is 17.2 Å². The molecule has 5 nitrogen and oxygen atoms in total. The third-order valence-electron chi connectivity index (χ3n) is 3.85. The van der Waals surface area contributed by atoms with Gasteiger partial charge in [-0.25, -0.2) is 4.68 Å². The fourth-order valence-electron chi connectivity index (χ4n) is 2.50. The first kappa shape index (κ1) is 18.5. The number of hydrogen-bond acceptors (Lipinski definition) is 4. The molecule has 0 bridgehead atoms. The lowest BCUT2D eigenvalue weighted by molar-refractivity contribution is 0.411. The van der Waals surface area contributed by atoms with E-state index in [2.05, 4.69) is 17.2 Å². The first-order valence-corrected chi connectivity index (χ1v) is 9.14. The largest absolute Gasteiger partial charge is 0.504 e. The number of halogens is 2. The van der Waals surface area contributed by atoms with Gasteiger partial charge in [-0.15, -0.1) is 5.10 Å². The van der Waals surface area contributed by atoms with Gasteiger partial charge in [0.25, 0.3) is 0 Å². The van der Waals surface area contributed by atoms with Crippen LogP contribution < -0.4 is 4.74 Å². The number of benzene rings is 2. The molecule has 0 atom stereocenters. The van der Waals surface area contributed by atoms with Crippen molar-refractivity contribution in [3.8, 4) is 17.2 Å². The molecule has 0 aliphatic heterocycles. The molecule has 0 saturated heterocycles. The first-order chi connectivity index (χ1) is 12.5. The first-order valence-electron chi connectivity index (χ1n) is 8.39. The van der Waals surface area contributed by atoms with Crippen molar-refractivity contribution in [3.63, 3.8) is 0 Å². The van der Waals surface area contributed by atoms with Gasteiger partial charge in [0.2, 0.25) is 0 Å². The molecule has 0 radical (unpaired) electrons. The molecule has 0 fully saturated rings. The SMILES string of the molecule is CCCCc1cn(Cc2ccc(Oc3ccc(Cl)cc3O)c(Cl)c2)nn1. The minimum absolute atomic E-state index is 0.0418. The van der Waals surface area contributed by atoms with Gasteiger partial charge in [-0.05, 0) is 42.7 Å². The summed E-state index contributed by atoms with van der Waals surface area (Å²) in [4.78, 5) is 0. The number of aromatic hydroxyl groups is 1. The summed E-state index contributed by atoms with van der Waals surface area (Å²) in [5.41, 5.74) is 1.98. The Morgan fingerprint density at radius 2 is 1.92 bits per heavy atom. The second-order valence-electron chi connectivity index (χ2n) is 5.99. The average molecular weight is 392 g/mol. The lowest BCUT2D eigenvalue weighted by atomic mass is 10.2. The number of aryl methyl sites for hydroxylation is 1. The molecule has 0 aliphatic rings. The van der Waals surface area contributed by atoms with Gasteiger partial charge >= 0.3 is 0 Å². The van der Waals surface area contributed by atoms with Gasteiger partial charge in [-0.3, -0.25) is 0 Å². The Kier molecular flexibility index (Phi) is 6.01. The number of ether oxygens (including phenoxy) is 1. The number of hydrogen-bond donors (Lipinski definition) is 1. The lowest BCUT2D eigenvalue weighted by Crippen LogP contribution is -2.00. The van der Waals surface area contributed by atoms with Crippen LogP contribution in [0.4, 0.5) is 0 Å². The maximum absolute atomic E-state index is 9.89. The summed E-state index contributed by atoms with van der Waals surface area (Å²) in [6.45, 7) is 2.73. The number of nitrogens with zero attached hydrogens (tertiary/aromatic N) is 3. The molecule has 3 rings (SSSR count). The normalized spacial score (nSPS) is 10.9. The fraction of sp³-hybridized carbons (Fsp3) is 0.263. The molecule has 136 valence electrons. The van der Waals surface area contributed by atoms with E-state index in [-0.39, 0.29) is 5.75 Å². The predicted molar refractivity (Wildman–Crippen MR) is 102 cm³/mol. The third-order valence-corrected chi connectivity index (χ3v) is 4.38. The van der Waals surface area contributed by atoms with Gasteiger partial charge in [-0.2, -0.15) is 0 Å². The number of unbranched alkanes of at least 4 members (excludes halogenated alkanes) is 1. The number of phenolic OH excluding ortho intramolecular Hbond substituents is 1. The summed E-state index contributed by atoms with van der Waals surface area (Å²) in [6, 6.07) is 10.1. The van der Waals surface area contributed by atoms with Crippen molar-refractivity contribution in [2.75, 3.05) is 0 Å². The molecule has 0 spiro atoms. The predicted octanol–water partition coefficient (Wildman–Crippen LogP) is 5.47. The molecular formula is C19H19Cl2N3O2. The van der Waals surface area contributed by atoms with Crippen LogP contribution in [-0.2, 0) is 13.0 Å². The van der Waals surface area contributed by atoms with Gasteiger partial charge in [0, 0.05) is 17.3 Å². The number of aromatic nitrogens is 3. The average Bonchev–Trinajstić information content (AvgIpc) is 3.05. The Labute approximate surface area is 162 Å². The van der Waals surface area contributed by atoms with Crippen molar-refractivity contribution in [1.82, 2.24) is 15.0 Å². The smallest absolute Gasteiger partial charge is 0.169 e.